The molecule has 2 saturated heterocycles. The van der Waals surface area contributed by atoms with Gasteiger partial charge in [-0.05, 0) is 50.1 Å². The number of amides is 4. The number of carbonyl (C=O) groups is 3. The molecule has 9 heteroatoms. The Bertz CT molecular complexity index is 1010. The first-order valence-electron chi connectivity index (χ1n) is 10.6. The van der Waals surface area contributed by atoms with Crippen molar-refractivity contribution in [2.75, 3.05) is 25.0 Å². The maximum absolute atomic E-state index is 13.7. The summed E-state index contributed by atoms with van der Waals surface area (Å²) < 4.78 is 0. The Balaban J connectivity index is 1.61. The van der Waals surface area contributed by atoms with Crippen LogP contribution in [0.25, 0.3) is 0 Å². The van der Waals surface area contributed by atoms with Crippen LogP contribution < -0.4 is 5.32 Å². The number of nitrogens with zero attached hydrogens (tertiary/aromatic N) is 4. The molecule has 2 fully saturated rings. The summed E-state index contributed by atoms with van der Waals surface area (Å²) in [6.45, 7) is 4.60. The number of likely N-dealkylation sites (tertiary alicyclic amines) is 1. The molecule has 2 aliphatic heterocycles. The fourth-order valence-corrected chi connectivity index (χ4v) is 4.47. The maximum atomic E-state index is 13.7. The topological polar surface area (TPSA) is 85.8 Å². The standard InChI is InChI=1S/C23H26ClN5O3/c1-16(2)28-14-20(30)29(13-17-6-8-18(24)9-7-17)23(21(28)31)10-12-27(15-23)22(32)26-19-5-3-4-11-25-19/h3-9,11,16H,10,12-15H2,1-2H3,(H,25,26,32)/t23-/m1/s1. The van der Waals surface area contributed by atoms with Gasteiger partial charge in [0.15, 0.2) is 0 Å². The summed E-state index contributed by atoms with van der Waals surface area (Å²) in [5.41, 5.74) is -0.218. The molecular weight excluding hydrogens is 430 g/mol. The first kappa shape index (κ1) is 22.1. The van der Waals surface area contributed by atoms with E-state index in [-0.39, 0.29) is 43.5 Å². The number of aromatic nitrogens is 1. The number of rotatable bonds is 4. The number of urea groups is 1. The van der Waals surface area contributed by atoms with Crippen molar-refractivity contribution < 1.29 is 14.4 Å². The van der Waals surface area contributed by atoms with E-state index in [1.807, 2.05) is 26.0 Å². The van der Waals surface area contributed by atoms with Gasteiger partial charge in [-0.2, -0.15) is 0 Å². The van der Waals surface area contributed by atoms with Gasteiger partial charge in [-0.3, -0.25) is 14.9 Å². The summed E-state index contributed by atoms with van der Waals surface area (Å²) in [5, 5.41) is 3.37. The molecule has 1 aromatic carbocycles. The molecule has 1 spiro atoms. The Morgan fingerprint density at radius 3 is 2.59 bits per heavy atom. The van der Waals surface area contributed by atoms with Crippen molar-refractivity contribution in [2.24, 2.45) is 0 Å². The predicted octanol–water partition coefficient (Wildman–Crippen LogP) is 2.99. The van der Waals surface area contributed by atoms with E-state index in [0.717, 1.165) is 5.56 Å². The highest BCUT2D eigenvalue weighted by molar-refractivity contribution is 6.30. The summed E-state index contributed by atoms with van der Waals surface area (Å²) in [4.78, 5) is 48.7. The molecule has 2 aromatic rings. The number of benzene rings is 1. The second-order valence-corrected chi connectivity index (χ2v) is 8.92. The summed E-state index contributed by atoms with van der Waals surface area (Å²) in [7, 11) is 0. The van der Waals surface area contributed by atoms with E-state index < -0.39 is 5.54 Å². The molecule has 0 radical (unpaired) electrons. The van der Waals surface area contributed by atoms with E-state index >= 15 is 0 Å². The Morgan fingerprint density at radius 1 is 1.19 bits per heavy atom. The molecule has 0 saturated carbocycles. The molecule has 8 nitrogen and oxygen atoms in total. The number of piperazine rings is 1. The second-order valence-electron chi connectivity index (χ2n) is 8.48. The zero-order valence-corrected chi connectivity index (χ0v) is 18.9. The second kappa shape index (κ2) is 8.78. The molecular formula is C23H26ClN5O3. The number of halogens is 1. The fraction of sp³-hybridized carbons (Fsp3) is 0.391. The molecule has 1 aromatic heterocycles. The Labute approximate surface area is 192 Å². The molecule has 4 amide bonds. The normalized spacial score (nSPS) is 21.1. The highest BCUT2D eigenvalue weighted by Gasteiger charge is 2.57. The van der Waals surface area contributed by atoms with Gasteiger partial charge in [-0.25, -0.2) is 9.78 Å². The highest BCUT2D eigenvalue weighted by atomic mass is 35.5. The van der Waals surface area contributed by atoms with Gasteiger partial charge >= 0.3 is 6.03 Å². The van der Waals surface area contributed by atoms with Crippen LogP contribution >= 0.6 is 11.6 Å². The molecule has 1 N–H and O–H groups in total. The number of nitrogens with one attached hydrogen (secondary N) is 1. The van der Waals surface area contributed by atoms with Crippen molar-refractivity contribution in [3.8, 4) is 0 Å². The lowest BCUT2D eigenvalue weighted by molar-refractivity contribution is -0.166. The molecule has 32 heavy (non-hydrogen) atoms. The first-order valence-corrected chi connectivity index (χ1v) is 11.0. The van der Waals surface area contributed by atoms with Crippen LogP contribution in [-0.2, 0) is 16.1 Å². The molecule has 0 bridgehead atoms. The minimum absolute atomic E-state index is 0.0337. The third-order valence-electron chi connectivity index (χ3n) is 6.09. The van der Waals surface area contributed by atoms with E-state index in [4.69, 9.17) is 11.6 Å². The smallest absolute Gasteiger partial charge is 0.323 e. The molecule has 4 rings (SSSR count). The number of anilines is 1. The van der Waals surface area contributed by atoms with Crippen LogP contribution in [0.1, 0.15) is 25.8 Å². The summed E-state index contributed by atoms with van der Waals surface area (Å²) >= 11 is 6.00. The van der Waals surface area contributed by atoms with Crippen LogP contribution in [0.5, 0.6) is 0 Å². The summed E-state index contributed by atoms with van der Waals surface area (Å²) in [6, 6.07) is 12.0. The Hall–Kier alpha value is -3.13. The minimum Gasteiger partial charge on any atom is -0.329 e. The fourth-order valence-electron chi connectivity index (χ4n) is 4.34. The average molecular weight is 456 g/mol. The van der Waals surface area contributed by atoms with Crippen LogP contribution in [0, 0.1) is 0 Å². The van der Waals surface area contributed by atoms with Crippen LogP contribution in [0.3, 0.4) is 0 Å². The number of hydrogen-bond acceptors (Lipinski definition) is 4. The van der Waals surface area contributed by atoms with Gasteiger partial charge in [0.25, 0.3) is 5.91 Å². The summed E-state index contributed by atoms with van der Waals surface area (Å²) in [5.74, 6) is 0.195. The lowest BCUT2D eigenvalue weighted by Gasteiger charge is -2.48. The monoisotopic (exact) mass is 455 g/mol. The lowest BCUT2D eigenvalue weighted by Crippen LogP contribution is -2.69. The maximum Gasteiger partial charge on any atom is 0.323 e. The molecule has 1 atom stereocenters. The largest absolute Gasteiger partial charge is 0.329 e. The van der Waals surface area contributed by atoms with Crippen LogP contribution in [0.2, 0.25) is 5.02 Å². The Kier molecular flexibility index (Phi) is 6.06. The van der Waals surface area contributed by atoms with Crippen LogP contribution in [0.4, 0.5) is 10.6 Å². The highest BCUT2D eigenvalue weighted by Crippen LogP contribution is 2.36. The third-order valence-corrected chi connectivity index (χ3v) is 6.35. The quantitative estimate of drug-likeness (QED) is 0.767. The SMILES string of the molecule is CC(C)N1CC(=O)N(Cc2ccc(Cl)cc2)[C@@]2(CCN(C(=O)Nc3ccccn3)C2)C1=O. The van der Waals surface area contributed by atoms with Crippen molar-refractivity contribution in [3.05, 3.63) is 59.2 Å². The van der Waals surface area contributed by atoms with Gasteiger partial charge in [-0.1, -0.05) is 29.8 Å². The molecule has 168 valence electrons. The van der Waals surface area contributed by atoms with Gasteiger partial charge < -0.3 is 14.7 Å². The number of carbonyl (C=O) groups excluding carboxylic acids is 3. The number of hydrogen-bond donors (Lipinski definition) is 1. The van der Waals surface area contributed by atoms with E-state index in [0.29, 0.717) is 23.8 Å². The molecule has 2 aliphatic rings. The minimum atomic E-state index is -1.10. The number of pyridine rings is 1. The van der Waals surface area contributed by atoms with Crippen molar-refractivity contribution in [1.29, 1.82) is 0 Å². The molecule has 3 heterocycles. The average Bonchev–Trinajstić information content (AvgIpc) is 3.22. The van der Waals surface area contributed by atoms with Gasteiger partial charge in [0.05, 0.1) is 6.54 Å². The zero-order chi connectivity index (χ0) is 22.9. The Morgan fingerprint density at radius 2 is 1.94 bits per heavy atom. The van der Waals surface area contributed by atoms with Crippen LogP contribution in [-0.4, -0.2) is 68.7 Å². The summed E-state index contributed by atoms with van der Waals surface area (Å²) in [6.07, 6.45) is 1.98. The van der Waals surface area contributed by atoms with Gasteiger partial charge in [0.2, 0.25) is 5.91 Å². The third kappa shape index (κ3) is 4.14. The van der Waals surface area contributed by atoms with Gasteiger partial charge in [0, 0.05) is 30.4 Å². The van der Waals surface area contributed by atoms with E-state index in [2.05, 4.69) is 10.3 Å². The van der Waals surface area contributed by atoms with Gasteiger partial charge in [0.1, 0.15) is 17.9 Å². The van der Waals surface area contributed by atoms with Crippen molar-refractivity contribution in [1.82, 2.24) is 19.7 Å². The van der Waals surface area contributed by atoms with E-state index in [1.54, 1.807) is 51.2 Å². The molecule has 0 unspecified atom stereocenters. The van der Waals surface area contributed by atoms with E-state index in [9.17, 15) is 14.4 Å². The van der Waals surface area contributed by atoms with Crippen molar-refractivity contribution >= 4 is 35.3 Å². The predicted molar refractivity (Wildman–Crippen MR) is 121 cm³/mol. The van der Waals surface area contributed by atoms with Gasteiger partial charge in [-0.15, -0.1) is 0 Å². The first-order chi connectivity index (χ1) is 15.3. The van der Waals surface area contributed by atoms with E-state index in [1.165, 1.54) is 0 Å². The van der Waals surface area contributed by atoms with Crippen LogP contribution in [0.15, 0.2) is 48.7 Å². The zero-order valence-electron chi connectivity index (χ0n) is 18.1. The van der Waals surface area contributed by atoms with Crippen molar-refractivity contribution in [3.63, 3.8) is 0 Å². The van der Waals surface area contributed by atoms with Crippen molar-refractivity contribution in [2.45, 2.75) is 38.4 Å². The lowest BCUT2D eigenvalue weighted by atomic mass is 9.89. The molecule has 0 aliphatic carbocycles.